The molecule has 3 heteroatoms. The molecule has 3 aromatic rings. The van der Waals surface area contributed by atoms with Gasteiger partial charge in [-0.25, -0.2) is 0 Å². The van der Waals surface area contributed by atoms with Crippen molar-refractivity contribution in [2.75, 3.05) is 0 Å². The minimum Gasteiger partial charge on any atom is -0.390 e. The lowest BCUT2D eigenvalue weighted by Crippen LogP contribution is -2.02. The van der Waals surface area contributed by atoms with Gasteiger partial charge in [-0.2, -0.15) is 0 Å². The maximum Gasteiger partial charge on any atom is 0.0853 e. The Labute approximate surface area is 112 Å². The first-order valence-corrected chi connectivity index (χ1v) is 6.63. The van der Waals surface area contributed by atoms with Gasteiger partial charge < -0.3 is 9.67 Å². The van der Waals surface area contributed by atoms with Gasteiger partial charge in [0.2, 0.25) is 0 Å². The summed E-state index contributed by atoms with van der Waals surface area (Å²) in [5.74, 6) is 0. The summed E-state index contributed by atoms with van der Waals surface area (Å²) >= 11 is 0. The fourth-order valence-corrected chi connectivity index (χ4v) is 2.89. The largest absolute Gasteiger partial charge is 0.390 e. The van der Waals surface area contributed by atoms with E-state index in [9.17, 15) is 5.11 Å². The number of fused-ring (bicyclic) bond motifs is 3. The average molecular weight is 254 g/mol. The molecule has 0 saturated carbocycles. The minimum atomic E-state index is -0.0159. The molecule has 0 saturated heterocycles. The zero-order chi connectivity index (χ0) is 13.6. The Bertz CT molecular complexity index is 756. The third-order valence-electron chi connectivity index (χ3n) is 3.59. The van der Waals surface area contributed by atoms with E-state index in [1.165, 1.54) is 21.8 Å². The van der Waals surface area contributed by atoms with Crippen LogP contribution in [0.5, 0.6) is 0 Å². The summed E-state index contributed by atoms with van der Waals surface area (Å²) in [5.41, 5.74) is 4.11. The van der Waals surface area contributed by atoms with Crippen LogP contribution in [0.3, 0.4) is 0 Å². The minimum absolute atomic E-state index is 0.0159. The van der Waals surface area contributed by atoms with E-state index in [-0.39, 0.29) is 6.61 Å². The number of rotatable bonds is 2. The van der Waals surface area contributed by atoms with Crippen LogP contribution in [0.4, 0.5) is 0 Å². The van der Waals surface area contributed by atoms with Crippen molar-refractivity contribution in [1.29, 1.82) is 0 Å². The van der Waals surface area contributed by atoms with Crippen molar-refractivity contribution in [3.8, 4) is 0 Å². The Morgan fingerprint density at radius 2 is 1.95 bits per heavy atom. The number of hydrogen-bond donors (Lipinski definition) is 1. The third-order valence-corrected chi connectivity index (χ3v) is 3.59. The topological polar surface area (TPSA) is 38.1 Å². The summed E-state index contributed by atoms with van der Waals surface area (Å²) in [5, 5.41) is 11.7. The normalized spacial score (nSPS) is 11.8. The molecule has 1 aromatic carbocycles. The summed E-state index contributed by atoms with van der Waals surface area (Å²) in [6.07, 6.45) is 0. The van der Waals surface area contributed by atoms with Gasteiger partial charge in [0.05, 0.1) is 23.5 Å². The van der Waals surface area contributed by atoms with Crippen LogP contribution in [0.1, 0.15) is 31.3 Å². The van der Waals surface area contributed by atoms with Gasteiger partial charge in [-0.15, -0.1) is 0 Å². The lowest BCUT2D eigenvalue weighted by atomic mass is 10.1. The first-order chi connectivity index (χ1) is 9.13. The molecule has 3 nitrogen and oxygen atoms in total. The molecule has 0 fully saturated rings. The maximum absolute atomic E-state index is 9.34. The Morgan fingerprint density at radius 1 is 1.21 bits per heavy atom. The first-order valence-electron chi connectivity index (χ1n) is 6.63. The molecule has 3 rings (SSSR count). The van der Waals surface area contributed by atoms with Crippen molar-refractivity contribution < 1.29 is 5.11 Å². The number of aliphatic hydroxyl groups excluding tert-OH is 1. The smallest absolute Gasteiger partial charge is 0.0853 e. The molecule has 0 bridgehead atoms. The maximum atomic E-state index is 9.34. The van der Waals surface area contributed by atoms with E-state index in [0.29, 0.717) is 6.04 Å². The van der Waals surface area contributed by atoms with Gasteiger partial charge in [0.25, 0.3) is 0 Å². The summed E-state index contributed by atoms with van der Waals surface area (Å²) in [4.78, 5) is 4.49. The summed E-state index contributed by atoms with van der Waals surface area (Å²) in [6.45, 7) is 6.37. The molecule has 2 heterocycles. The van der Waals surface area contributed by atoms with E-state index < -0.39 is 0 Å². The number of aromatic nitrogens is 2. The highest BCUT2D eigenvalue weighted by atomic mass is 16.3. The van der Waals surface area contributed by atoms with E-state index in [1.54, 1.807) is 0 Å². The first kappa shape index (κ1) is 12.2. The van der Waals surface area contributed by atoms with Crippen LogP contribution in [0, 0.1) is 6.92 Å². The molecule has 0 aliphatic carbocycles. The molecular formula is C16H18N2O. The van der Waals surface area contributed by atoms with Crippen LogP contribution in [0.2, 0.25) is 0 Å². The van der Waals surface area contributed by atoms with E-state index in [0.717, 1.165) is 11.4 Å². The number of aryl methyl sites for hydroxylation is 1. The molecule has 0 aliphatic heterocycles. The monoisotopic (exact) mass is 254 g/mol. The average Bonchev–Trinajstić information content (AvgIpc) is 2.74. The summed E-state index contributed by atoms with van der Waals surface area (Å²) in [6, 6.07) is 10.8. The van der Waals surface area contributed by atoms with E-state index in [4.69, 9.17) is 0 Å². The zero-order valence-corrected chi connectivity index (χ0v) is 11.5. The fourth-order valence-electron chi connectivity index (χ4n) is 2.89. The molecule has 19 heavy (non-hydrogen) atoms. The molecule has 0 spiro atoms. The lowest BCUT2D eigenvalue weighted by molar-refractivity contribution is 0.277. The molecule has 0 aliphatic rings. The van der Waals surface area contributed by atoms with Crippen molar-refractivity contribution in [3.63, 3.8) is 0 Å². The van der Waals surface area contributed by atoms with Crippen LogP contribution < -0.4 is 0 Å². The standard InChI is InChI=1S/C16H18N2O/c1-10(2)18-15-7-5-4-6-13(15)14-8-12(9-19)17-11(3)16(14)18/h4-8,10,19H,9H2,1-3H3. The number of para-hydroxylation sites is 1. The highest BCUT2D eigenvalue weighted by Gasteiger charge is 2.15. The highest BCUT2D eigenvalue weighted by molar-refractivity contribution is 6.08. The van der Waals surface area contributed by atoms with Crippen molar-refractivity contribution >= 4 is 21.8 Å². The zero-order valence-electron chi connectivity index (χ0n) is 11.5. The van der Waals surface area contributed by atoms with Gasteiger partial charge in [0.15, 0.2) is 0 Å². The second kappa shape index (κ2) is 4.35. The lowest BCUT2D eigenvalue weighted by Gasteiger charge is -2.13. The van der Waals surface area contributed by atoms with Crippen molar-refractivity contribution in [2.24, 2.45) is 0 Å². The van der Waals surface area contributed by atoms with Gasteiger partial charge in [0.1, 0.15) is 0 Å². The van der Waals surface area contributed by atoms with Crippen LogP contribution >= 0.6 is 0 Å². The highest BCUT2D eigenvalue weighted by Crippen LogP contribution is 2.33. The summed E-state index contributed by atoms with van der Waals surface area (Å²) < 4.78 is 2.33. The Hall–Kier alpha value is -1.87. The Balaban J connectivity index is 2.56. The van der Waals surface area contributed by atoms with Gasteiger partial charge in [-0.05, 0) is 32.9 Å². The number of nitrogens with zero attached hydrogens (tertiary/aromatic N) is 2. The number of pyridine rings is 1. The molecule has 0 radical (unpaired) electrons. The van der Waals surface area contributed by atoms with E-state index >= 15 is 0 Å². The predicted molar refractivity (Wildman–Crippen MR) is 78.3 cm³/mol. The van der Waals surface area contributed by atoms with Crippen molar-refractivity contribution in [1.82, 2.24) is 9.55 Å². The molecule has 0 atom stereocenters. The number of benzene rings is 1. The van der Waals surface area contributed by atoms with Crippen LogP contribution in [-0.4, -0.2) is 14.7 Å². The van der Waals surface area contributed by atoms with Crippen LogP contribution in [0.15, 0.2) is 30.3 Å². The number of hydrogen-bond acceptors (Lipinski definition) is 2. The van der Waals surface area contributed by atoms with Crippen molar-refractivity contribution in [2.45, 2.75) is 33.4 Å². The molecule has 98 valence electrons. The van der Waals surface area contributed by atoms with E-state index in [2.05, 4.69) is 47.7 Å². The Morgan fingerprint density at radius 3 is 2.63 bits per heavy atom. The molecule has 0 unspecified atom stereocenters. The number of aliphatic hydroxyl groups is 1. The molecule has 2 aromatic heterocycles. The van der Waals surface area contributed by atoms with Crippen LogP contribution in [0.25, 0.3) is 21.8 Å². The van der Waals surface area contributed by atoms with Crippen molar-refractivity contribution in [3.05, 3.63) is 41.7 Å². The van der Waals surface area contributed by atoms with Crippen LogP contribution in [-0.2, 0) is 6.61 Å². The van der Waals surface area contributed by atoms with Gasteiger partial charge >= 0.3 is 0 Å². The molecule has 0 amide bonds. The molecular weight excluding hydrogens is 236 g/mol. The predicted octanol–water partition coefficient (Wildman–Crippen LogP) is 3.57. The van der Waals surface area contributed by atoms with Gasteiger partial charge in [-0.3, -0.25) is 4.98 Å². The quantitative estimate of drug-likeness (QED) is 0.759. The summed E-state index contributed by atoms with van der Waals surface area (Å²) in [7, 11) is 0. The second-order valence-electron chi connectivity index (χ2n) is 5.23. The third kappa shape index (κ3) is 1.73. The van der Waals surface area contributed by atoms with Gasteiger partial charge in [-0.1, -0.05) is 18.2 Å². The van der Waals surface area contributed by atoms with Gasteiger partial charge in [0, 0.05) is 22.3 Å². The second-order valence-corrected chi connectivity index (χ2v) is 5.23. The SMILES string of the molecule is Cc1nc(CO)cc2c3ccccc3n(C(C)C)c12. The molecule has 1 N–H and O–H groups in total. The fraction of sp³-hybridized carbons (Fsp3) is 0.312. The Kier molecular flexibility index (Phi) is 2.79. The van der Waals surface area contributed by atoms with E-state index in [1.807, 2.05) is 13.0 Å².